The third-order valence-electron chi connectivity index (χ3n) is 2.09. The smallest absolute Gasteiger partial charge is 0.300 e. The number of nitro groups is 1. The molecule has 0 atom stereocenters. The van der Waals surface area contributed by atoms with Gasteiger partial charge in [-0.05, 0) is 13.0 Å². The Hall–Kier alpha value is -2.62. The van der Waals surface area contributed by atoms with E-state index in [-0.39, 0.29) is 16.5 Å². The molecule has 10 heteroatoms. The molecule has 0 saturated heterocycles. The summed E-state index contributed by atoms with van der Waals surface area (Å²) in [6.07, 6.45) is 0.940. The molecule has 0 saturated carbocycles. The van der Waals surface area contributed by atoms with Crippen molar-refractivity contribution >= 4 is 34.1 Å². The van der Waals surface area contributed by atoms with Crippen molar-refractivity contribution in [2.24, 2.45) is 0 Å². The highest BCUT2D eigenvalue weighted by Gasteiger charge is 2.22. The van der Waals surface area contributed by atoms with Crippen LogP contribution in [0.3, 0.4) is 0 Å². The maximum atomic E-state index is 11.9. The van der Waals surface area contributed by atoms with Crippen LogP contribution in [0.15, 0.2) is 12.3 Å². The lowest BCUT2D eigenvalue weighted by Crippen LogP contribution is -2.14. The molecule has 0 fully saturated rings. The van der Waals surface area contributed by atoms with Crippen LogP contribution in [0.4, 0.5) is 16.6 Å². The van der Waals surface area contributed by atoms with Crippen molar-refractivity contribution in [3.05, 3.63) is 33.8 Å². The molecule has 0 aromatic carbocycles. The van der Waals surface area contributed by atoms with Crippen molar-refractivity contribution in [2.45, 2.75) is 6.92 Å². The summed E-state index contributed by atoms with van der Waals surface area (Å²) in [4.78, 5) is 29.6. The largest absolute Gasteiger partial charge is 0.384 e. The minimum atomic E-state index is -0.702. The molecule has 3 N–H and O–H groups in total. The van der Waals surface area contributed by atoms with Crippen molar-refractivity contribution in [1.82, 2.24) is 14.3 Å². The quantitative estimate of drug-likeness (QED) is 0.631. The van der Waals surface area contributed by atoms with Gasteiger partial charge in [0, 0.05) is 11.5 Å². The highest BCUT2D eigenvalue weighted by molar-refractivity contribution is 7.09. The molecule has 9 nitrogen and oxygen atoms in total. The number of hydrogen-bond acceptors (Lipinski definition) is 8. The molecule has 98 valence electrons. The molecule has 1 amide bonds. The Morgan fingerprint density at radius 1 is 1.58 bits per heavy atom. The predicted octanol–water partition coefficient (Wildman–Crippen LogP) is 0.984. The number of aryl methyl sites for hydroxylation is 1. The van der Waals surface area contributed by atoms with Crippen LogP contribution in [0.5, 0.6) is 0 Å². The second kappa shape index (κ2) is 4.94. The Kier molecular flexibility index (Phi) is 3.33. The van der Waals surface area contributed by atoms with Crippen molar-refractivity contribution in [3.63, 3.8) is 0 Å². The Morgan fingerprint density at radius 3 is 2.89 bits per heavy atom. The van der Waals surface area contributed by atoms with Gasteiger partial charge < -0.3 is 5.73 Å². The van der Waals surface area contributed by atoms with E-state index in [1.165, 1.54) is 0 Å². The minimum absolute atomic E-state index is 0.0178. The zero-order valence-electron chi connectivity index (χ0n) is 9.65. The number of nitrogens with one attached hydrogen (secondary N) is 1. The Labute approximate surface area is 110 Å². The topological polar surface area (TPSA) is 137 Å². The van der Waals surface area contributed by atoms with Crippen molar-refractivity contribution in [1.29, 1.82) is 0 Å². The monoisotopic (exact) mass is 280 g/mol. The fraction of sp³-hybridized carbons (Fsp3) is 0.111. The van der Waals surface area contributed by atoms with E-state index < -0.39 is 16.5 Å². The van der Waals surface area contributed by atoms with Gasteiger partial charge in [0.25, 0.3) is 11.6 Å². The van der Waals surface area contributed by atoms with Crippen molar-refractivity contribution in [2.75, 3.05) is 11.1 Å². The van der Waals surface area contributed by atoms with Gasteiger partial charge in [-0.1, -0.05) is 0 Å². The van der Waals surface area contributed by atoms with E-state index in [0.717, 1.165) is 23.8 Å². The van der Waals surface area contributed by atoms with Crippen LogP contribution in [0.25, 0.3) is 0 Å². The number of rotatable bonds is 3. The molecule has 2 aromatic heterocycles. The lowest BCUT2D eigenvalue weighted by atomic mass is 10.2. The van der Waals surface area contributed by atoms with E-state index in [0.29, 0.717) is 5.82 Å². The first-order valence-electron chi connectivity index (χ1n) is 4.99. The molecule has 0 aliphatic heterocycles. The average Bonchev–Trinajstić information content (AvgIpc) is 2.74. The maximum absolute atomic E-state index is 11.9. The first kappa shape index (κ1) is 12.8. The fourth-order valence-corrected chi connectivity index (χ4v) is 1.87. The highest BCUT2D eigenvalue weighted by atomic mass is 32.1. The van der Waals surface area contributed by atoms with Gasteiger partial charge in [-0.15, -0.1) is 0 Å². The van der Waals surface area contributed by atoms with Crippen LogP contribution in [0.2, 0.25) is 0 Å². The number of nitrogens with zero attached hydrogens (tertiary/aromatic N) is 4. The molecule has 2 rings (SSSR count). The molecular weight excluding hydrogens is 272 g/mol. The van der Waals surface area contributed by atoms with Gasteiger partial charge in [0.1, 0.15) is 23.4 Å². The van der Waals surface area contributed by atoms with Gasteiger partial charge in [0.05, 0.1) is 4.92 Å². The van der Waals surface area contributed by atoms with Gasteiger partial charge in [-0.3, -0.25) is 20.2 Å². The lowest BCUT2D eigenvalue weighted by Gasteiger charge is -2.03. The summed E-state index contributed by atoms with van der Waals surface area (Å²) >= 11 is 0.981. The Balaban J connectivity index is 2.32. The van der Waals surface area contributed by atoms with E-state index >= 15 is 0 Å². The van der Waals surface area contributed by atoms with Crippen LogP contribution in [0, 0.1) is 17.0 Å². The molecular formula is C9H8N6O3S. The number of anilines is 2. The number of amides is 1. The number of carbonyl (C=O) groups is 1. The predicted molar refractivity (Wildman–Crippen MR) is 67.9 cm³/mol. The van der Waals surface area contributed by atoms with Crippen LogP contribution in [0.1, 0.15) is 16.2 Å². The molecule has 2 heterocycles. The molecule has 0 aliphatic rings. The summed E-state index contributed by atoms with van der Waals surface area (Å²) in [5.74, 6) is -0.162. The van der Waals surface area contributed by atoms with Crippen LogP contribution in [-0.2, 0) is 0 Å². The van der Waals surface area contributed by atoms with Gasteiger partial charge in [-0.2, -0.15) is 4.37 Å². The SMILES string of the molecule is Cc1nsc(NC(=O)c2cc(N)ncc2[N+](=O)[O-])n1. The second-order valence-corrected chi connectivity index (χ2v) is 4.24. The Bertz CT molecular complexity index is 655. The van der Waals surface area contributed by atoms with E-state index in [2.05, 4.69) is 19.7 Å². The highest BCUT2D eigenvalue weighted by Crippen LogP contribution is 2.21. The second-order valence-electron chi connectivity index (χ2n) is 3.48. The fourth-order valence-electron chi connectivity index (χ4n) is 1.30. The number of carbonyl (C=O) groups excluding carboxylic acids is 1. The standard InChI is InChI=1S/C9H8N6O3S/c1-4-12-9(19-14-4)13-8(16)5-2-7(10)11-3-6(5)15(17)18/h2-3H,1H3,(H2,10,11)(H,12,13,14,16). The van der Waals surface area contributed by atoms with Crippen LogP contribution in [-0.4, -0.2) is 25.2 Å². The summed E-state index contributed by atoms with van der Waals surface area (Å²) < 4.78 is 3.88. The molecule has 0 spiro atoms. The van der Waals surface area contributed by atoms with Crippen LogP contribution >= 0.6 is 11.5 Å². The number of hydrogen-bond donors (Lipinski definition) is 2. The van der Waals surface area contributed by atoms with Gasteiger partial charge in [0.15, 0.2) is 0 Å². The Morgan fingerprint density at radius 2 is 2.32 bits per heavy atom. The summed E-state index contributed by atoms with van der Waals surface area (Å²) in [7, 11) is 0. The van der Waals surface area contributed by atoms with E-state index in [1.807, 2.05) is 0 Å². The molecule has 0 bridgehead atoms. The first-order chi connectivity index (χ1) is 8.97. The number of nitrogen functional groups attached to an aromatic ring is 1. The zero-order valence-corrected chi connectivity index (χ0v) is 10.5. The summed E-state index contributed by atoms with van der Waals surface area (Å²) in [6.45, 7) is 1.67. The van der Waals surface area contributed by atoms with Crippen molar-refractivity contribution < 1.29 is 9.72 Å². The number of aromatic nitrogens is 3. The molecule has 2 aromatic rings. The third kappa shape index (κ3) is 2.80. The molecule has 0 unspecified atom stereocenters. The zero-order chi connectivity index (χ0) is 14.0. The lowest BCUT2D eigenvalue weighted by molar-refractivity contribution is -0.385. The number of pyridine rings is 1. The summed E-state index contributed by atoms with van der Waals surface area (Å²) in [5.41, 5.74) is 4.83. The average molecular weight is 280 g/mol. The van der Waals surface area contributed by atoms with E-state index in [1.54, 1.807) is 6.92 Å². The number of nitrogens with two attached hydrogens (primary N) is 1. The van der Waals surface area contributed by atoms with Crippen molar-refractivity contribution in [3.8, 4) is 0 Å². The molecule has 0 aliphatic carbocycles. The normalized spacial score (nSPS) is 10.2. The van der Waals surface area contributed by atoms with E-state index in [9.17, 15) is 14.9 Å². The maximum Gasteiger partial charge on any atom is 0.300 e. The summed E-state index contributed by atoms with van der Waals surface area (Å²) in [5, 5.41) is 13.5. The van der Waals surface area contributed by atoms with E-state index in [4.69, 9.17) is 5.73 Å². The summed E-state index contributed by atoms with van der Waals surface area (Å²) in [6, 6.07) is 1.14. The molecule has 0 radical (unpaired) electrons. The van der Waals surface area contributed by atoms with Crippen LogP contribution < -0.4 is 11.1 Å². The van der Waals surface area contributed by atoms with Gasteiger partial charge >= 0.3 is 0 Å². The minimum Gasteiger partial charge on any atom is -0.384 e. The van der Waals surface area contributed by atoms with Gasteiger partial charge in [0.2, 0.25) is 5.13 Å². The first-order valence-corrected chi connectivity index (χ1v) is 5.76. The molecule has 19 heavy (non-hydrogen) atoms. The van der Waals surface area contributed by atoms with Gasteiger partial charge in [-0.25, -0.2) is 9.97 Å². The third-order valence-corrected chi connectivity index (χ3v) is 2.82.